The maximum absolute atomic E-state index is 13.9. The number of hydrogen-bond acceptors (Lipinski definition) is 14. The van der Waals surface area contributed by atoms with Crippen molar-refractivity contribution in [3.63, 3.8) is 0 Å². The summed E-state index contributed by atoms with van der Waals surface area (Å²) in [4.78, 5) is 83.9. The second-order valence-electron chi connectivity index (χ2n) is 20.0. The number of carbonyl (C=O) groups excluding carboxylic acids is 6. The molecule has 0 bridgehead atoms. The number of rotatable bonds is 20. The first kappa shape index (κ1) is 73.4. The van der Waals surface area contributed by atoms with Crippen LogP contribution in [0, 0.1) is 29.1 Å². The first-order valence-electron chi connectivity index (χ1n) is 27.1. The second kappa shape index (κ2) is 34.7. The highest BCUT2D eigenvalue weighted by Crippen LogP contribution is 2.32. The molecule has 1 saturated heterocycles. The molecule has 2 aromatic heterocycles. The van der Waals surface area contributed by atoms with Gasteiger partial charge in [0.05, 0.1) is 22.3 Å². The number of nitrogens with zero attached hydrogens (tertiary/aromatic N) is 2. The van der Waals surface area contributed by atoms with Gasteiger partial charge in [-0.25, -0.2) is 27.9 Å². The summed E-state index contributed by atoms with van der Waals surface area (Å²) in [7, 11) is 2.95. The van der Waals surface area contributed by atoms with Gasteiger partial charge in [-0.2, -0.15) is 8.78 Å². The molecule has 0 unspecified atom stereocenters. The van der Waals surface area contributed by atoms with Crippen molar-refractivity contribution in [2.75, 3.05) is 27.3 Å². The molecule has 478 valence electrons. The number of halogens is 7. The van der Waals surface area contributed by atoms with Crippen molar-refractivity contribution >= 4 is 81.4 Å². The Balaban J connectivity index is 0.000000350. The number of thiazole rings is 2. The predicted octanol–water partition coefficient (Wildman–Crippen LogP) is 12.8. The third-order valence-corrected chi connectivity index (χ3v) is 14.6. The standard InChI is InChI=1S/C30H23ClF5N3O5S.C27H31ClN4O4S.C4H8O.2CH4/c1-13(2)43-20-9-8-16(11-17(20)31)27(40)38-18(28(41)37-3)10-14-4-6-15(7-5-14)29-39-19(12-45-29)30(42)44-26-24(35)22(33)21(32)23(34)25(26)36;1-15(2)30-26(35)22-14-37-27(32-22)18-8-6-17(7-9-18)12-21(25(34)29-5)31-24(33)19-10-11-23(20(28)13-19)36-16(3)4;1-2-4-5-3-1;;/h4-9,11-13,18H,10H2,1-3H3,(H,37,41)(H,38,40);6-11,13-16,21H,12H2,1-5H3,(H,29,34)(H,30,35)(H,31,33);1-4H2;2*1H4/t18-;21-;;;/m00.../s1. The van der Waals surface area contributed by atoms with Crippen LogP contribution in [0.25, 0.3) is 21.1 Å². The summed E-state index contributed by atoms with van der Waals surface area (Å²) in [5.74, 6) is -15.7. The lowest BCUT2D eigenvalue weighted by Crippen LogP contribution is -2.47. The minimum Gasteiger partial charge on any atom is -0.489 e. The highest BCUT2D eigenvalue weighted by molar-refractivity contribution is 7.13. The lowest BCUT2D eigenvalue weighted by Gasteiger charge is -2.18. The van der Waals surface area contributed by atoms with Gasteiger partial charge in [-0.3, -0.25) is 24.0 Å². The largest absolute Gasteiger partial charge is 0.489 e. The van der Waals surface area contributed by atoms with Gasteiger partial charge in [0.25, 0.3) is 17.7 Å². The summed E-state index contributed by atoms with van der Waals surface area (Å²) in [6.45, 7) is 13.2. The molecule has 8 rings (SSSR count). The maximum Gasteiger partial charge on any atom is 0.363 e. The Bertz CT molecular complexity index is 3530. The summed E-state index contributed by atoms with van der Waals surface area (Å²) in [6, 6.07) is 21.6. The number of aromatic nitrogens is 2. The summed E-state index contributed by atoms with van der Waals surface area (Å²) in [6.07, 6.45) is 2.77. The van der Waals surface area contributed by atoms with Crippen LogP contribution in [0.5, 0.6) is 17.2 Å². The SMILES string of the molecule is C.C.C1CCOC1.CNC(=O)[C@H](Cc1ccc(-c2nc(C(=O)NC(C)C)cs2)cc1)NC(=O)c1ccc(OC(C)C)c(Cl)c1.CNC(=O)[C@H](Cc1ccc(-c2nc(C(=O)Oc3c(F)c(F)c(F)c(F)c3F)cs2)cc1)NC(=O)c1ccc(OC(C)C)c(Cl)c1. The number of benzene rings is 5. The van der Waals surface area contributed by atoms with E-state index in [0.29, 0.717) is 38.9 Å². The van der Waals surface area contributed by atoms with Crippen LogP contribution in [0.1, 0.15) is 122 Å². The summed E-state index contributed by atoms with van der Waals surface area (Å²) in [5.41, 5.74) is 3.34. The van der Waals surface area contributed by atoms with Gasteiger partial charge in [0.2, 0.25) is 46.6 Å². The smallest absolute Gasteiger partial charge is 0.363 e. The van der Waals surface area contributed by atoms with Gasteiger partial charge in [-0.1, -0.05) is 86.6 Å². The molecule has 0 spiro atoms. The fourth-order valence-corrected chi connectivity index (χ4v) is 10.00. The quantitative estimate of drug-likeness (QED) is 0.0158. The van der Waals surface area contributed by atoms with E-state index in [4.69, 9.17) is 37.4 Å². The van der Waals surface area contributed by atoms with Crippen molar-refractivity contribution in [3.05, 3.63) is 168 Å². The molecule has 5 amide bonds. The van der Waals surface area contributed by atoms with Crippen LogP contribution in [0.4, 0.5) is 22.0 Å². The Kier molecular flexibility index (Phi) is 28.6. The zero-order valence-corrected chi connectivity index (χ0v) is 51.5. The van der Waals surface area contributed by atoms with E-state index < -0.39 is 76.3 Å². The van der Waals surface area contributed by atoms with E-state index in [-0.39, 0.29) is 73.4 Å². The Hall–Kier alpha value is -8.03. The Labute approximate surface area is 531 Å². The minimum absolute atomic E-state index is 0. The van der Waals surface area contributed by atoms with Crippen LogP contribution in [0.15, 0.2) is 95.7 Å². The molecule has 0 aliphatic carbocycles. The molecule has 5 N–H and O–H groups in total. The van der Waals surface area contributed by atoms with E-state index >= 15 is 0 Å². The Morgan fingerprint density at radius 3 is 1.30 bits per heavy atom. The van der Waals surface area contributed by atoms with Gasteiger partial charge in [-0.15, -0.1) is 22.7 Å². The molecule has 1 aliphatic rings. The zero-order chi connectivity index (χ0) is 63.6. The van der Waals surface area contributed by atoms with E-state index in [1.54, 1.807) is 47.8 Å². The fourth-order valence-electron chi connectivity index (χ4n) is 7.95. The molecule has 3 heterocycles. The number of ether oxygens (including phenoxy) is 4. The van der Waals surface area contributed by atoms with E-state index in [2.05, 4.69) is 41.3 Å². The summed E-state index contributed by atoms with van der Waals surface area (Å²) < 4.78 is 88.5. The lowest BCUT2D eigenvalue weighted by atomic mass is 10.0. The molecule has 5 aromatic carbocycles. The zero-order valence-electron chi connectivity index (χ0n) is 48.3. The number of amides is 5. The molecule has 1 fully saturated rings. The Morgan fingerprint density at radius 2 is 0.944 bits per heavy atom. The topological polar surface area (TPSA) is 225 Å². The van der Waals surface area contributed by atoms with Crippen molar-refractivity contribution in [3.8, 4) is 38.4 Å². The minimum atomic E-state index is -2.39. The molecular formula is C63H70Cl2F5N7O10S2. The molecule has 1 aliphatic heterocycles. The van der Waals surface area contributed by atoms with Crippen molar-refractivity contribution in [2.24, 2.45) is 0 Å². The van der Waals surface area contributed by atoms with Crippen LogP contribution in [0.3, 0.4) is 0 Å². The van der Waals surface area contributed by atoms with Crippen molar-refractivity contribution < 1.29 is 69.7 Å². The molecule has 89 heavy (non-hydrogen) atoms. The van der Waals surface area contributed by atoms with Gasteiger partial charge in [0.15, 0.2) is 5.69 Å². The van der Waals surface area contributed by atoms with Gasteiger partial charge in [0.1, 0.15) is 39.3 Å². The number of likely N-dealkylation sites (N-methyl/N-ethyl adjacent to an activating group) is 2. The van der Waals surface area contributed by atoms with E-state index in [1.807, 2.05) is 65.8 Å². The number of hydrogen-bond donors (Lipinski definition) is 5. The highest BCUT2D eigenvalue weighted by Gasteiger charge is 2.30. The molecule has 26 heteroatoms. The first-order chi connectivity index (χ1) is 41.4. The van der Waals surface area contributed by atoms with Crippen molar-refractivity contribution in [1.82, 2.24) is 36.6 Å². The summed E-state index contributed by atoms with van der Waals surface area (Å²) >= 11 is 14.8. The molecule has 17 nitrogen and oxygen atoms in total. The third-order valence-electron chi connectivity index (χ3n) is 12.2. The van der Waals surface area contributed by atoms with Crippen LogP contribution in [-0.2, 0) is 27.2 Å². The molecule has 2 atom stereocenters. The molecule has 7 aromatic rings. The van der Waals surface area contributed by atoms with Crippen LogP contribution >= 0.6 is 45.9 Å². The monoisotopic (exact) mass is 1310 g/mol. The van der Waals surface area contributed by atoms with E-state index in [1.165, 1.54) is 61.9 Å². The van der Waals surface area contributed by atoms with Gasteiger partial charge in [0, 0.05) is 79.2 Å². The van der Waals surface area contributed by atoms with Crippen LogP contribution in [0.2, 0.25) is 10.0 Å². The van der Waals surface area contributed by atoms with E-state index in [0.717, 1.165) is 40.7 Å². The predicted molar refractivity (Wildman–Crippen MR) is 335 cm³/mol. The van der Waals surface area contributed by atoms with E-state index in [9.17, 15) is 50.7 Å². The summed E-state index contributed by atoms with van der Waals surface area (Å²) in [5, 5.41) is 17.9. The number of carbonyl (C=O) groups is 6. The first-order valence-corrected chi connectivity index (χ1v) is 29.6. The van der Waals surface area contributed by atoms with Crippen LogP contribution in [-0.4, -0.2) is 103 Å². The van der Waals surface area contributed by atoms with Crippen molar-refractivity contribution in [2.45, 2.75) is 112 Å². The third kappa shape index (κ3) is 20.8. The van der Waals surface area contributed by atoms with Gasteiger partial charge < -0.3 is 45.5 Å². The molecule has 0 radical (unpaired) electrons. The molecular weight excluding hydrogens is 1240 g/mol. The lowest BCUT2D eigenvalue weighted by molar-refractivity contribution is -0.123. The van der Waals surface area contributed by atoms with Gasteiger partial charge in [-0.05, 0) is 102 Å². The average molecular weight is 1320 g/mol. The Morgan fingerprint density at radius 1 is 0.551 bits per heavy atom. The van der Waals surface area contributed by atoms with Crippen molar-refractivity contribution in [1.29, 1.82) is 0 Å². The molecule has 0 saturated carbocycles. The average Bonchev–Trinajstić information content (AvgIpc) is 1.58. The second-order valence-corrected chi connectivity index (χ2v) is 22.5. The number of nitrogens with one attached hydrogen (secondary N) is 5. The fraction of sp³-hybridized carbons (Fsp3) is 0.333. The highest BCUT2D eigenvalue weighted by atomic mass is 35.5. The van der Waals surface area contributed by atoms with Crippen LogP contribution < -0.4 is 40.8 Å². The normalized spacial score (nSPS) is 12.2. The maximum atomic E-state index is 13.9. The van der Waals surface area contributed by atoms with Gasteiger partial charge >= 0.3 is 5.97 Å². The number of esters is 1.